The standard InChI is InChI=1S/C15H16ClFN4/c16-14-11(10-5-6-19-8-12(10)17)3-4-13(15(14)21-18)20-7-9-1-2-9/h3-6,8-9,20-21H,1-2,7,18H2/p+2. The number of aromatic nitrogens is 1. The molecule has 1 fully saturated rings. The Morgan fingerprint density at radius 2 is 2.14 bits per heavy atom. The van der Waals surface area contributed by atoms with Gasteiger partial charge in [-0.05, 0) is 18.9 Å². The van der Waals surface area contributed by atoms with Crippen LogP contribution in [0, 0.1) is 11.7 Å². The number of halogens is 2. The van der Waals surface area contributed by atoms with Crippen LogP contribution in [0.3, 0.4) is 0 Å². The molecule has 1 saturated carbocycles. The maximum absolute atomic E-state index is 13.9. The second-order valence-corrected chi connectivity index (χ2v) is 5.70. The lowest BCUT2D eigenvalue weighted by molar-refractivity contribution is -0.573. The van der Waals surface area contributed by atoms with Gasteiger partial charge in [-0.3, -0.25) is 5.84 Å². The highest BCUT2D eigenvalue weighted by Gasteiger charge is 2.25. The Balaban J connectivity index is 1.97. The highest BCUT2D eigenvalue weighted by Crippen LogP contribution is 2.37. The summed E-state index contributed by atoms with van der Waals surface area (Å²) in [4.78, 5) is 2.71. The molecule has 0 saturated heterocycles. The molecular formula is C15H18ClFN4+2. The molecule has 1 heterocycles. The van der Waals surface area contributed by atoms with Crippen molar-refractivity contribution < 1.29 is 14.7 Å². The van der Waals surface area contributed by atoms with Crippen molar-refractivity contribution in [3.05, 3.63) is 41.4 Å². The maximum atomic E-state index is 13.9. The molecule has 0 spiro atoms. The third-order valence-electron chi connectivity index (χ3n) is 3.79. The van der Waals surface area contributed by atoms with Gasteiger partial charge in [-0.25, -0.2) is 4.98 Å². The maximum Gasteiger partial charge on any atom is 0.203 e. The molecule has 6 heteroatoms. The van der Waals surface area contributed by atoms with Crippen LogP contribution in [0.5, 0.6) is 0 Å². The first-order valence-electron chi connectivity index (χ1n) is 6.99. The van der Waals surface area contributed by atoms with E-state index in [2.05, 4.69) is 15.7 Å². The number of nitrogens with one attached hydrogen (secondary N) is 2. The molecule has 0 aliphatic heterocycles. The van der Waals surface area contributed by atoms with Crippen molar-refractivity contribution in [2.45, 2.75) is 12.8 Å². The molecule has 0 radical (unpaired) electrons. The number of benzene rings is 1. The normalized spacial score (nSPS) is 14.2. The molecule has 3 rings (SSSR count). The van der Waals surface area contributed by atoms with E-state index in [0.29, 0.717) is 21.8 Å². The molecule has 0 amide bonds. The zero-order valence-corrected chi connectivity index (χ0v) is 12.3. The highest BCUT2D eigenvalue weighted by molar-refractivity contribution is 6.36. The van der Waals surface area contributed by atoms with Gasteiger partial charge < -0.3 is 10.7 Å². The Morgan fingerprint density at radius 3 is 2.81 bits per heavy atom. The van der Waals surface area contributed by atoms with Gasteiger partial charge in [0.2, 0.25) is 6.20 Å². The van der Waals surface area contributed by atoms with E-state index in [0.717, 1.165) is 18.2 Å². The van der Waals surface area contributed by atoms with Crippen LogP contribution in [-0.2, 0) is 0 Å². The van der Waals surface area contributed by atoms with Crippen molar-refractivity contribution in [3.63, 3.8) is 0 Å². The molecule has 0 atom stereocenters. The number of hydrazine groups is 1. The van der Waals surface area contributed by atoms with Gasteiger partial charge in [0, 0.05) is 29.2 Å². The van der Waals surface area contributed by atoms with Crippen LogP contribution in [0.1, 0.15) is 12.8 Å². The molecule has 1 aliphatic carbocycles. The number of anilines is 1. The van der Waals surface area contributed by atoms with Crippen LogP contribution in [0.25, 0.3) is 11.1 Å². The minimum Gasteiger partial charge on any atom is -0.318 e. The molecule has 4 nitrogen and oxygen atoms in total. The van der Waals surface area contributed by atoms with Crippen molar-refractivity contribution in [1.82, 2.24) is 0 Å². The van der Waals surface area contributed by atoms with E-state index in [1.165, 1.54) is 19.0 Å². The minimum absolute atomic E-state index is 0.350. The predicted octanol–water partition coefficient (Wildman–Crippen LogP) is 1.85. The summed E-state index contributed by atoms with van der Waals surface area (Å²) in [5.74, 6) is 6.04. The first-order chi connectivity index (χ1) is 10.2. The van der Waals surface area contributed by atoms with E-state index in [9.17, 15) is 4.39 Å². The van der Waals surface area contributed by atoms with E-state index in [4.69, 9.17) is 17.4 Å². The van der Waals surface area contributed by atoms with Crippen molar-refractivity contribution in [2.75, 3.05) is 12.0 Å². The van der Waals surface area contributed by atoms with Gasteiger partial charge in [-0.2, -0.15) is 4.39 Å². The highest BCUT2D eigenvalue weighted by atomic mass is 35.5. The fraction of sp³-hybridized carbons (Fsp3) is 0.267. The van der Waals surface area contributed by atoms with Gasteiger partial charge in [0.05, 0.1) is 11.6 Å². The van der Waals surface area contributed by atoms with Gasteiger partial charge in [-0.15, -0.1) is 0 Å². The monoisotopic (exact) mass is 308 g/mol. The average molecular weight is 309 g/mol. The summed E-state index contributed by atoms with van der Waals surface area (Å²) in [6.07, 6.45) is 5.55. The van der Waals surface area contributed by atoms with Gasteiger partial charge >= 0.3 is 0 Å². The molecule has 1 aliphatic rings. The average Bonchev–Trinajstić information content (AvgIpc) is 3.30. The van der Waals surface area contributed by atoms with Crippen molar-refractivity contribution in [2.24, 2.45) is 11.8 Å². The second-order valence-electron chi connectivity index (χ2n) is 5.32. The van der Waals surface area contributed by atoms with E-state index in [1.807, 2.05) is 12.1 Å². The van der Waals surface area contributed by atoms with Gasteiger partial charge in [0.1, 0.15) is 5.69 Å². The topological polar surface area (TPSA) is 68.8 Å². The number of nitrogen functional groups attached to an aromatic ring is 1. The summed E-state index contributed by atoms with van der Waals surface area (Å²) >= 11 is 6.41. The van der Waals surface area contributed by atoms with Gasteiger partial charge in [-0.1, -0.05) is 11.6 Å². The molecule has 1 aromatic carbocycles. The molecule has 2 aromatic rings. The van der Waals surface area contributed by atoms with Crippen LogP contribution in [0.15, 0.2) is 30.6 Å². The summed E-state index contributed by atoms with van der Waals surface area (Å²) in [7, 11) is 0. The second kappa shape index (κ2) is 5.97. The minimum atomic E-state index is -0.350. The lowest BCUT2D eigenvalue weighted by Crippen LogP contribution is -2.78. The number of nitrogens with two attached hydrogens (primary N) is 2. The number of H-pyrrole nitrogens is 1. The van der Waals surface area contributed by atoms with Gasteiger partial charge in [0.15, 0.2) is 17.7 Å². The van der Waals surface area contributed by atoms with Crippen molar-refractivity contribution >= 4 is 23.0 Å². The van der Waals surface area contributed by atoms with Crippen molar-refractivity contribution in [3.8, 4) is 11.1 Å². The zero-order valence-electron chi connectivity index (χ0n) is 11.5. The van der Waals surface area contributed by atoms with E-state index in [1.54, 1.807) is 12.3 Å². The Bertz CT molecular complexity index is 658. The zero-order chi connectivity index (χ0) is 14.8. The molecular weight excluding hydrogens is 291 g/mol. The summed E-state index contributed by atoms with van der Waals surface area (Å²) < 4.78 is 13.9. The fourth-order valence-electron chi connectivity index (χ4n) is 2.39. The summed E-state index contributed by atoms with van der Waals surface area (Å²) in [5.41, 5.74) is 5.32. The number of rotatable bonds is 5. The molecule has 21 heavy (non-hydrogen) atoms. The molecule has 1 aromatic heterocycles. The van der Waals surface area contributed by atoms with E-state index in [-0.39, 0.29) is 5.82 Å². The Kier molecular flexibility index (Phi) is 4.05. The lowest BCUT2D eigenvalue weighted by Gasteiger charge is -2.12. The summed E-state index contributed by atoms with van der Waals surface area (Å²) in [5, 5.41) is 2.57. The van der Waals surface area contributed by atoms with Crippen molar-refractivity contribution in [1.29, 1.82) is 0 Å². The number of quaternary nitrogens is 1. The third-order valence-corrected chi connectivity index (χ3v) is 4.18. The Morgan fingerprint density at radius 1 is 1.33 bits per heavy atom. The molecule has 110 valence electrons. The van der Waals surface area contributed by atoms with Crippen LogP contribution in [0.4, 0.5) is 15.8 Å². The number of hydrogen-bond acceptors (Lipinski definition) is 2. The SMILES string of the molecule is NNc1c([NH2+]CC2CC2)ccc(-c2cc[nH+]cc2F)c1Cl. The third kappa shape index (κ3) is 3.00. The molecule has 0 unspecified atom stereocenters. The quantitative estimate of drug-likeness (QED) is 0.448. The number of pyridine rings is 1. The first kappa shape index (κ1) is 14.3. The number of aromatic amines is 1. The van der Waals surface area contributed by atoms with Crippen LogP contribution in [0.2, 0.25) is 5.02 Å². The molecule has 0 bridgehead atoms. The Hall–Kier alpha value is -1.69. The van der Waals surface area contributed by atoms with Crippen LogP contribution >= 0.6 is 11.6 Å². The summed E-state index contributed by atoms with van der Waals surface area (Å²) in [6, 6.07) is 5.42. The van der Waals surface area contributed by atoms with Crippen LogP contribution in [-0.4, -0.2) is 6.54 Å². The lowest BCUT2D eigenvalue weighted by atomic mass is 10.0. The molecule has 6 N–H and O–H groups in total. The smallest absolute Gasteiger partial charge is 0.203 e. The van der Waals surface area contributed by atoms with E-state index >= 15 is 0 Å². The first-order valence-corrected chi connectivity index (χ1v) is 7.36. The number of hydrogen-bond donors (Lipinski definition) is 3. The van der Waals surface area contributed by atoms with Crippen LogP contribution < -0.4 is 21.6 Å². The largest absolute Gasteiger partial charge is 0.318 e. The Labute approximate surface area is 127 Å². The van der Waals surface area contributed by atoms with E-state index < -0.39 is 0 Å². The predicted molar refractivity (Wildman–Crippen MR) is 80.4 cm³/mol. The fourth-order valence-corrected chi connectivity index (χ4v) is 2.72. The summed E-state index contributed by atoms with van der Waals surface area (Å²) in [6.45, 7) is 1.03. The van der Waals surface area contributed by atoms with Gasteiger partial charge in [0.25, 0.3) is 0 Å².